The molecule has 0 aromatic carbocycles. The minimum atomic E-state index is -3.61. The highest BCUT2D eigenvalue weighted by atomic mass is 32.2. The molecule has 0 spiro atoms. The van der Waals surface area contributed by atoms with Crippen LogP contribution in [0, 0.1) is 0 Å². The predicted molar refractivity (Wildman–Crippen MR) is 78.5 cm³/mol. The van der Waals surface area contributed by atoms with Gasteiger partial charge in [-0.3, -0.25) is 4.98 Å². The van der Waals surface area contributed by atoms with E-state index in [0.717, 1.165) is 16.9 Å². The topological polar surface area (TPSA) is 89.8 Å². The number of sulfonamides is 1. The second-order valence-electron chi connectivity index (χ2n) is 4.16. The molecule has 7 nitrogen and oxygen atoms in total. The van der Waals surface area contributed by atoms with Crippen molar-refractivity contribution in [2.45, 2.75) is 10.8 Å². The Labute approximate surface area is 125 Å². The third-order valence-electron chi connectivity index (χ3n) is 2.59. The van der Waals surface area contributed by atoms with Crippen LogP contribution in [0.5, 0.6) is 0 Å². The molecule has 0 aliphatic rings. The van der Waals surface area contributed by atoms with Crippen molar-refractivity contribution in [3.8, 4) is 0 Å². The lowest BCUT2D eigenvalue weighted by molar-refractivity contribution is 0.602. The van der Waals surface area contributed by atoms with Crippen molar-refractivity contribution in [3.63, 3.8) is 0 Å². The summed E-state index contributed by atoms with van der Waals surface area (Å²) in [6, 6.07) is 6.93. The Morgan fingerprint density at radius 3 is 2.90 bits per heavy atom. The first-order chi connectivity index (χ1) is 10.1. The zero-order valence-corrected chi connectivity index (χ0v) is 12.4. The van der Waals surface area contributed by atoms with Crippen LogP contribution in [-0.2, 0) is 16.6 Å². The largest absolute Gasteiger partial charge is 0.273 e. The van der Waals surface area contributed by atoms with Crippen LogP contribution >= 0.6 is 11.3 Å². The molecule has 3 aromatic rings. The standard InChI is InChI=1S/C12H11N5O2S2/c18-21(19,11-4-2-6-20-11)16-12-14-9-17(15-12)8-10-3-1-5-13-7-10/h1-7,9H,8H2,(H,15,16). The van der Waals surface area contributed by atoms with Gasteiger partial charge in [0, 0.05) is 12.4 Å². The van der Waals surface area contributed by atoms with E-state index in [0.29, 0.717) is 6.54 Å². The third kappa shape index (κ3) is 3.26. The fraction of sp³-hybridized carbons (Fsp3) is 0.0833. The van der Waals surface area contributed by atoms with Crippen LogP contribution in [0.2, 0.25) is 0 Å². The molecular formula is C12H11N5O2S2. The third-order valence-corrected chi connectivity index (χ3v) is 5.32. The van der Waals surface area contributed by atoms with Gasteiger partial charge in [-0.2, -0.15) is 4.98 Å². The molecule has 0 amide bonds. The first-order valence-corrected chi connectivity index (χ1v) is 8.34. The molecule has 0 atom stereocenters. The fourth-order valence-electron chi connectivity index (χ4n) is 1.68. The van der Waals surface area contributed by atoms with Crippen molar-refractivity contribution in [3.05, 3.63) is 53.9 Å². The zero-order valence-electron chi connectivity index (χ0n) is 10.7. The summed E-state index contributed by atoms with van der Waals surface area (Å²) in [7, 11) is -3.61. The molecule has 0 saturated heterocycles. The maximum atomic E-state index is 12.0. The van der Waals surface area contributed by atoms with Gasteiger partial charge in [-0.05, 0) is 23.1 Å². The van der Waals surface area contributed by atoms with Crippen LogP contribution in [0.3, 0.4) is 0 Å². The highest BCUT2D eigenvalue weighted by Gasteiger charge is 2.17. The monoisotopic (exact) mass is 321 g/mol. The molecule has 0 fully saturated rings. The van der Waals surface area contributed by atoms with Gasteiger partial charge in [0.05, 0.1) is 6.54 Å². The van der Waals surface area contributed by atoms with E-state index in [-0.39, 0.29) is 10.2 Å². The summed E-state index contributed by atoms with van der Waals surface area (Å²) in [6.07, 6.45) is 4.88. The number of anilines is 1. The smallest absolute Gasteiger partial charge is 0.264 e. The predicted octanol–water partition coefficient (Wildman–Crippen LogP) is 1.58. The molecule has 3 aromatic heterocycles. The van der Waals surface area contributed by atoms with Crippen LogP contribution in [0.15, 0.2) is 52.6 Å². The molecule has 0 unspecified atom stereocenters. The Kier molecular flexibility index (Phi) is 3.67. The SMILES string of the molecule is O=S(=O)(Nc1ncn(Cc2cccnc2)n1)c1cccs1. The second kappa shape index (κ2) is 5.62. The summed E-state index contributed by atoms with van der Waals surface area (Å²) >= 11 is 1.14. The van der Waals surface area contributed by atoms with Gasteiger partial charge in [-0.15, -0.1) is 16.4 Å². The number of thiophene rings is 1. The average Bonchev–Trinajstić information content (AvgIpc) is 3.11. The van der Waals surface area contributed by atoms with E-state index < -0.39 is 10.0 Å². The number of aromatic nitrogens is 4. The van der Waals surface area contributed by atoms with E-state index in [4.69, 9.17) is 0 Å². The molecule has 0 saturated carbocycles. The van der Waals surface area contributed by atoms with Crippen molar-refractivity contribution >= 4 is 27.3 Å². The fourth-order valence-corrected chi connectivity index (χ4v) is 3.62. The molecule has 0 radical (unpaired) electrons. The zero-order chi connectivity index (χ0) is 14.7. The van der Waals surface area contributed by atoms with Gasteiger partial charge in [-0.25, -0.2) is 17.8 Å². The van der Waals surface area contributed by atoms with Crippen LogP contribution < -0.4 is 4.72 Å². The lowest BCUT2D eigenvalue weighted by atomic mass is 10.3. The van der Waals surface area contributed by atoms with Gasteiger partial charge in [0.2, 0.25) is 0 Å². The number of pyridine rings is 1. The molecule has 9 heteroatoms. The summed E-state index contributed by atoms with van der Waals surface area (Å²) in [5.74, 6) is 0.0484. The molecule has 108 valence electrons. The number of rotatable bonds is 5. The van der Waals surface area contributed by atoms with E-state index in [1.165, 1.54) is 12.4 Å². The Balaban J connectivity index is 1.74. The van der Waals surface area contributed by atoms with Crippen LogP contribution in [0.1, 0.15) is 5.56 Å². The van der Waals surface area contributed by atoms with Crippen LogP contribution in [0.25, 0.3) is 0 Å². The first kappa shape index (κ1) is 13.7. The Hall–Kier alpha value is -2.26. The van der Waals surface area contributed by atoms with Gasteiger partial charge in [0.1, 0.15) is 10.5 Å². The van der Waals surface area contributed by atoms with Crippen molar-refractivity contribution in [1.29, 1.82) is 0 Å². The minimum absolute atomic E-state index is 0.0484. The minimum Gasteiger partial charge on any atom is -0.264 e. The maximum absolute atomic E-state index is 12.0. The van der Waals surface area contributed by atoms with Gasteiger partial charge < -0.3 is 0 Å². The number of hydrogen-bond donors (Lipinski definition) is 1. The number of hydrogen-bond acceptors (Lipinski definition) is 6. The van der Waals surface area contributed by atoms with Gasteiger partial charge in [0.15, 0.2) is 0 Å². The summed E-state index contributed by atoms with van der Waals surface area (Å²) in [4.78, 5) is 7.96. The molecule has 3 heterocycles. The maximum Gasteiger partial charge on any atom is 0.273 e. The number of nitrogens with one attached hydrogen (secondary N) is 1. The van der Waals surface area contributed by atoms with E-state index in [2.05, 4.69) is 19.8 Å². The Morgan fingerprint density at radius 1 is 1.29 bits per heavy atom. The van der Waals surface area contributed by atoms with Crippen LogP contribution in [-0.4, -0.2) is 28.2 Å². The molecule has 0 aliphatic heterocycles. The van der Waals surface area contributed by atoms with Crippen LogP contribution in [0.4, 0.5) is 5.95 Å². The first-order valence-electron chi connectivity index (χ1n) is 5.98. The van der Waals surface area contributed by atoms with Crippen molar-refractivity contribution in [2.75, 3.05) is 4.72 Å². The Morgan fingerprint density at radius 2 is 2.19 bits per heavy atom. The lowest BCUT2D eigenvalue weighted by Gasteiger charge is -2.01. The Bertz CT molecular complexity index is 812. The molecule has 3 rings (SSSR count). The van der Waals surface area contributed by atoms with E-state index in [1.807, 2.05) is 12.1 Å². The lowest BCUT2D eigenvalue weighted by Crippen LogP contribution is -2.13. The summed E-state index contributed by atoms with van der Waals surface area (Å²) in [5, 5.41) is 5.79. The van der Waals surface area contributed by atoms with Crippen molar-refractivity contribution < 1.29 is 8.42 Å². The van der Waals surface area contributed by atoms with Gasteiger partial charge in [0.25, 0.3) is 16.0 Å². The molecule has 1 N–H and O–H groups in total. The second-order valence-corrected chi connectivity index (χ2v) is 7.02. The van der Waals surface area contributed by atoms with E-state index in [1.54, 1.807) is 28.5 Å². The molecule has 0 bridgehead atoms. The quantitative estimate of drug-likeness (QED) is 0.770. The molecule has 0 aliphatic carbocycles. The van der Waals surface area contributed by atoms with Crippen molar-refractivity contribution in [2.24, 2.45) is 0 Å². The highest BCUT2D eigenvalue weighted by molar-refractivity contribution is 7.94. The molecule has 21 heavy (non-hydrogen) atoms. The van der Waals surface area contributed by atoms with E-state index >= 15 is 0 Å². The molecular weight excluding hydrogens is 310 g/mol. The summed E-state index contributed by atoms with van der Waals surface area (Å²) < 4.78 is 28.2. The highest BCUT2D eigenvalue weighted by Crippen LogP contribution is 2.18. The van der Waals surface area contributed by atoms with Gasteiger partial charge in [-0.1, -0.05) is 12.1 Å². The number of nitrogens with zero attached hydrogens (tertiary/aromatic N) is 4. The van der Waals surface area contributed by atoms with Crippen molar-refractivity contribution in [1.82, 2.24) is 19.7 Å². The van der Waals surface area contributed by atoms with E-state index in [9.17, 15) is 8.42 Å². The average molecular weight is 321 g/mol. The summed E-state index contributed by atoms with van der Waals surface area (Å²) in [6.45, 7) is 0.474. The normalized spacial score (nSPS) is 11.4. The summed E-state index contributed by atoms with van der Waals surface area (Å²) in [5.41, 5.74) is 0.954. The van der Waals surface area contributed by atoms with Gasteiger partial charge >= 0.3 is 0 Å².